The molecule has 0 bridgehead atoms. The van der Waals surface area contributed by atoms with E-state index < -0.39 is 5.54 Å². The molecule has 1 heterocycles. The second-order valence-electron chi connectivity index (χ2n) is 4.38. The topological polar surface area (TPSA) is 62.3 Å². The largest absolute Gasteiger partial charge is 0.377 e. The zero-order valence-corrected chi connectivity index (χ0v) is 9.16. The van der Waals surface area contributed by atoms with Gasteiger partial charge in [-0.25, -0.2) is 0 Å². The molecule has 4 heteroatoms. The van der Waals surface area contributed by atoms with Crippen molar-refractivity contribution in [2.24, 2.45) is 5.73 Å². The van der Waals surface area contributed by atoms with Crippen LogP contribution in [0.15, 0.2) is 0 Å². The molecule has 2 N–H and O–H groups in total. The summed E-state index contributed by atoms with van der Waals surface area (Å²) < 4.78 is 5.47. The van der Waals surface area contributed by atoms with E-state index in [1.807, 2.05) is 7.05 Å². The van der Waals surface area contributed by atoms with Crippen LogP contribution >= 0.6 is 0 Å². The second kappa shape index (κ2) is 4.26. The fourth-order valence-corrected chi connectivity index (χ4v) is 1.97. The highest BCUT2D eigenvalue weighted by Crippen LogP contribution is 2.19. The van der Waals surface area contributed by atoms with Gasteiger partial charge >= 0.3 is 0 Å². The Labute approximate surface area is 85.6 Å². The van der Waals surface area contributed by atoms with Crippen LogP contribution in [0.4, 0.5) is 0 Å². The van der Waals surface area contributed by atoms with E-state index in [9.17, 15) is 0 Å². The quantitative estimate of drug-likeness (QED) is 0.708. The molecular weight excluding hydrogens is 178 g/mol. The molecule has 1 saturated heterocycles. The highest BCUT2D eigenvalue weighted by atomic mass is 16.5. The van der Waals surface area contributed by atoms with E-state index in [4.69, 9.17) is 15.7 Å². The Morgan fingerprint density at radius 3 is 2.79 bits per heavy atom. The van der Waals surface area contributed by atoms with Crippen molar-refractivity contribution >= 4 is 0 Å². The van der Waals surface area contributed by atoms with Crippen LogP contribution in [-0.4, -0.2) is 42.8 Å². The fourth-order valence-electron chi connectivity index (χ4n) is 1.97. The summed E-state index contributed by atoms with van der Waals surface area (Å²) in [6.07, 6.45) is 1.27. The van der Waals surface area contributed by atoms with Gasteiger partial charge in [0.05, 0.1) is 12.2 Å². The number of nitrogens with zero attached hydrogens (tertiary/aromatic N) is 2. The van der Waals surface area contributed by atoms with Crippen molar-refractivity contribution in [2.45, 2.75) is 38.0 Å². The van der Waals surface area contributed by atoms with Crippen LogP contribution in [0.25, 0.3) is 0 Å². The lowest BCUT2D eigenvalue weighted by Crippen LogP contribution is -2.50. The van der Waals surface area contributed by atoms with Crippen molar-refractivity contribution in [3.05, 3.63) is 0 Å². The van der Waals surface area contributed by atoms with E-state index in [0.717, 1.165) is 13.0 Å². The molecule has 14 heavy (non-hydrogen) atoms. The summed E-state index contributed by atoms with van der Waals surface area (Å²) in [6, 6.07) is 2.50. The summed E-state index contributed by atoms with van der Waals surface area (Å²) in [5, 5.41) is 8.82. The number of nitriles is 1. The predicted octanol–water partition coefficient (Wildman–Crippen LogP) is 0.337. The third kappa shape index (κ3) is 2.68. The summed E-state index contributed by atoms with van der Waals surface area (Å²) in [6.45, 7) is 5.21. The van der Waals surface area contributed by atoms with Crippen molar-refractivity contribution in [3.8, 4) is 6.07 Å². The first-order valence-electron chi connectivity index (χ1n) is 4.98. The van der Waals surface area contributed by atoms with Gasteiger partial charge in [-0.05, 0) is 27.3 Å². The van der Waals surface area contributed by atoms with Crippen molar-refractivity contribution < 1.29 is 4.74 Å². The summed E-state index contributed by atoms with van der Waals surface area (Å²) in [5.41, 5.74) is 5.02. The molecule has 0 spiro atoms. The lowest BCUT2D eigenvalue weighted by molar-refractivity contribution is 0.0797. The van der Waals surface area contributed by atoms with Crippen molar-refractivity contribution in [1.82, 2.24) is 4.90 Å². The zero-order valence-electron chi connectivity index (χ0n) is 9.16. The van der Waals surface area contributed by atoms with E-state index in [0.29, 0.717) is 12.6 Å². The van der Waals surface area contributed by atoms with Gasteiger partial charge in [-0.3, -0.25) is 4.90 Å². The lowest BCUT2D eigenvalue weighted by Gasteiger charge is -2.30. The molecule has 1 aliphatic heterocycles. The SMILES string of the molecule is CC1OCCC1N(C)CC(C)(N)C#N. The Hall–Kier alpha value is -0.630. The summed E-state index contributed by atoms with van der Waals surface area (Å²) in [5.74, 6) is 0. The molecule has 0 aromatic rings. The molecular formula is C10H19N3O. The maximum absolute atomic E-state index is 8.82. The predicted molar refractivity (Wildman–Crippen MR) is 54.7 cm³/mol. The van der Waals surface area contributed by atoms with Crippen LogP contribution in [0.1, 0.15) is 20.3 Å². The average molecular weight is 197 g/mol. The maximum atomic E-state index is 8.82. The highest BCUT2D eigenvalue weighted by molar-refractivity contribution is 5.03. The normalized spacial score (nSPS) is 31.4. The van der Waals surface area contributed by atoms with Crippen LogP contribution in [0.5, 0.6) is 0 Å². The minimum absolute atomic E-state index is 0.245. The Kier molecular flexibility index (Phi) is 3.48. The molecule has 3 atom stereocenters. The van der Waals surface area contributed by atoms with Crippen molar-refractivity contribution in [2.75, 3.05) is 20.2 Å². The molecule has 1 rings (SSSR count). The van der Waals surface area contributed by atoms with Gasteiger partial charge in [0.15, 0.2) is 0 Å². The number of nitrogens with two attached hydrogens (primary N) is 1. The fraction of sp³-hybridized carbons (Fsp3) is 0.900. The van der Waals surface area contributed by atoms with Crippen LogP contribution in [-0.2, 0) is 4.74 Å². The number of hydrogen-bond donors (Lipinski definition) is 1. The molecule has 0 saturated carbocycles. The van der Waals surface area contributed by atoms with Gasteiger partial charge in [0, 0.05) is 19.2 Å². The third-order valence-corrected chi connectivity index (χ3v) is 2.74. The van der Waals surface area contributed by atoms with Crippen molar-refractivity contribution in [1.29, 1.82) is 5.26 Å². The highest BCUT2D eigenvalue weighted by Gasteiger charge is 2.31. The minimum atomic E-state index is -0.767. The van der Waals surface area contributed by atoms with Gasteiger partial charge in [-0.1, -0.05) is 0 Å². The van der Waals surface area contributed by atoms with E-state index in [-0.39, 0.29) is 6.10 Å². The molecule has 0 aromatic heterocycles. The number of ether oxygens (including phenoxy) is 1. The summed E-state index contributed by atoms with van der Waals surface area (Å²) in [7, 11) is 2.00. The van der Waals surface area contributed by atoms with Crippen molar-refractivity contribution in [3.63, 3.8) is 0 Å². The summed E-state index contributed by atoms with van der Waals surface area (Å²) in [4.78, 5) is 2.13. The smallest absolute Gasteiger partial charge is 0.114 e. The zero-order chi connectivity index (χ0) is 10.8. The molecule has 1 fully saturated rings. The Morgan fingerprint density at radius 1 is 1.71 bits per heavy atom. The van der Waals surface area contributed by atoms with Gasteiger partial charge in [0.25, 0.3) is 0 Å². The Balaban J connectivity index is 2.50. The average Bonchev–Trinajstić information content (AvgIpc) is 2.51. The number of rotatable bonds is 3. The number of likely N-dealkylation sites (N-methyl/N-ethyl adjacent to an activating group) is 1. The van der Waals surface area contributed by atoms with E-state index >= 15 is 0 Å². The molecule has 4 nitrogen and oxygen atoms in total. The van der Waals surface area contributed by atoms with Crippen LogP contribution < -0.4 is 5.73 Å². The minimum Gasteiger partial charge on any atom is -0.377 e. The summed E-state index contributed by atoms with van der Waals surface area (Å²) >= 11 is 0. The molecule has 3 unspecified atom stereocenters. The van der Waals surface area contributed by atoms with E-state index in [1.165, 1.54) is 0 Å². The number of hydrogen-bond acceptors (Lipinski definition) is 4. The van der Waals surface area contributed by atoms with Gasteiger partial charge in [-0.15, -0.1) is 0 Å². The Morgan fingerprint density at radius 2 is 2.36 bits per heavy atom. The first-order chi connectivity index (χ1) is 6.46. The molecule has 80 valence electrons. The standard InChI is InChI=1S/C10H19N3O/c1-8-9(4-5-14-8)13(3)7-10(2,12)6-11/h8-9H,4-5,7,12H2,1-3H3. The molecule has 0 radical (unpaired) electrons. The molecule has 0 amide bonds. The van der Waals surface area contributed by atoms with Gasteiger partial charge in [0.1, 0.15) is 5.54 Å². The Bertz CT molecular complexity index is 234. The van der Waals surface area contributed by atoms with E-state index in [2.05, 4.69) is 17.9 Å². The van der Waals surface area contributed by atoms with E-state index in [1.54, 1.807) is 6.92 Å². The first-order valence-corrected chi connectivity index (χ1v) is 4.98. The van der Waals surface area contributed by atoms with Crippen LogP contribution in [0.2, 0.25) is 0 Å². The van der Waals surface area contributed by atoms with Gasteiger partial charge in [-0.2, -0.15) is 5.26 Å². The maximum Gasteiger partial charge on any atom is 0.114 e. The first kappa shape index (κ1) is 11.4. The molecule has 0 aromatic carbocycles. The monoisotopic (exact) mass is 197 g/mol. The third-order valence-electron chi connectivity index (χ3n) is 2.74. The molecule has 1 aliphatic rings. The van der Waals surface area contributed by atoms with Crippen LogP contribution in [0.3, 0.4) is 0 Å². The van der Waals surface area contributed by atoms with Crippen LogP contribution in [0, 0.1) is 11.3 Å². The van der Waals surface area contributed by atoms with Gasteiger partial charge < -0.3 is 10.5 Å². The second-order valence-corrected chi connectivity index (χ2v) is 4.38. The lowest BCUT2D eigenvalue weighted by atomic mass is 10.0. The van der Waals surface area contributed by atoms with Gasteiger partial charge in [0.2, 0.25) is 0 Å². The molecule has 0 aliphatic carbocycles.